The van der Waals surface area contributed by atoms with Crippen LogP contribution in [0.3, 0.4) is 0 Å². The highest BCUT2D eigenvalue weighted by molar-refractivity contribution is 5.83. The number of hydrogen-bond acceptors (Lipinski definition) is 2. The van der Waals surface area contributed by atoms with Crippen molar-refractivity contribution in [3.8, 4) is 0 Å². The van der Waals surface area contributed by atoms with Crippen molar-refractivity contribution < 1.29 is 4.79 Å². The van der Waals surface area contributed by atoms with Gasteiger partial charge in [-0.15, -0.1) is 0 Å². The van der Waals surface area contributed by atoms with E-state index < -0.39 is 6.04 Å². The molecule has 0 saturated carbocycles. The first-order chi connectivity index (χ1) is 10.0. The third-order valence-electron chi connectivity index (χ3n) is 3.91. The molecule has 0 aliphatic heterocycles. The molecule has 0 aliphatic carbocycles. The molecule has 0 bridgehead atoms. The molecule has 1 amide bonds. The second-order valence-electron chi connectivity index (χ2n) is 5.42. The molecule has 2 rings (SSSR count). The highest BCUT2D eigenvalue weighted by atomic mass is 16.2. The third kappa shape index (κ3) is 3.50. The van der Waals surface area contributed by atoms with Gasteiger partial charge in [0.15, 0.2) is 0 Å². The van der Waals surface area contributed by atoms with Crippen LogP contribution in [-0.4, -0.2) is 17.9 Å². The molecule has 0 heterocycles. The molecule has 0 spiro atoms. The van der Waals surface area contributed by atoms with Gasteiger partial charge in [-0.25, -0.2) is 0 Å². The minimum absolute atomic E-state index is 0.00661. The highest BCUT2D eigenvalue weighted by Gasteiger charge is 2.23. The van der Waals surface area contributed by atoms with Gasteiger partial charge in [-0.3, -0.25) is 4.79 Å². The molecule has 2 aromatic rings. The lowest BCUT2D eigenvalue weighted by atomic mass is 10.0. The van der Waals surface area contributed by atoms with Crippen LogP contribution in [0.5, 0.6) is 0 Å². The molecule has 0 aliphatic rings. The average Bonchev–Trinajstić information content (AvgIpc) is 2.53. The normalized spacial score (nSPS) is 13.5. The maximum absolute atomic E-state index is 12.5. The molecular weight excluding hydrogens is 260 g/mol. The Morgan fingerprint density at radius 2 is 1.57 bits per heavy atom. The zero-order valence-electron chi connectivity index (χ0n) is 12.8. The first-order valence-electron chi connectivity index (χ1n) is 7.14. The van der Waals surface area contributed by atoms with Gasteiger partial charge < -0.3 is 10.6 Å². The van der Waals surface area contributed by atoms with Crippen LogP contribution in [0.1, 0.15) is 35.7 Å². The van der Waals surface area contributed by atoms with Crippen molar-refractivity contribution in [3.05, 3.63) is 71.3 Å². The Morgan fingerprint density at radius 3 is 2.14 bits per heavy atom. The lowest BCUT2D eigenvalue weighted by Crippen LogP contribution is -2.37. The van der Waals surface area contributed by atoms with E-state index in [-0.39, 0.29) is 11.9 Å². The molecule has 0 radical (unpaired) electrons. The van der Waals surface area contributed by atoms with Gasteiger partial charge in [0.2, 0.25) is 5.91 Å². The van der Waals surface area contributed by atoms with Crippen molar-refractivity contribution >= 4 is 5.91 Å². The van der Waals surface area contributed by atoms with Gasteiger partial charge in [-0.05, 0) is 25.0 Å². The fourth-order valence-electron chi connectivity index (χ4n) is 2.28. The van der Waals surface area contributed by atoms with Gasteiger partial charge in [0.05, 0.1) is 6.04 Å². The van der Waals surface area contributed by atoms with Crippen molar-refractivity contribution in [1.82, 2.24) is 4.90 Å². The predicted octanol–water partition coefficient (Wildman–Crippen LogP) is 3.21. The fraction of sp³-hybridized carbons (Fsp3) is 0.278. The minimum atomic E-state index is -0.621. The van der Waals surface area contributed by atoms with E-state index in [1.54, 1.807) is 11.9 Å². The number of likely N-dealkylation sites (N-methyl/N-ethyl adjacent to an activating group) is 1. The van der Waals surface area contributed by atoms with Gasteiger partial charge in [-0.2, -0.15) is 0 Å². The number of rotatable bonds is 4. The summed E-state index contributed by atoms with van der Waals surface area (Å²) in [5, 5.41) is 0. The van der Waals surface area contributed by atoms with Gasteiger partial charge in [-0.1, -0.05) is 60.2 Å². The first kappa shape index (κ1) is 15.3. The number of benzene rings is 2. The summed E-state index contributed by atoms with van der Waals surface area (Å²) < 4.78 is 0. The highest BCUT2D eigenvalue weighted by Crippen LogP contribution is 2.22. The standard InChI is InChI=1S/C18H22N2O/c1-13-9-11-15(12-10-13)14(2)20(3)18(21)17(19)16-7-5-4-6-8-16/h4-12,14,17H,19H2,1-3H3/t14?,17-/m0/s1. The summed E-state index contributed by atoms with van der Waals surface area (Å²) in [4.78, 5) is 14.2. The van der Waals surface area contributed by atoms with E-state index >= 15 is 0 Å². The summed E-state index contributed by atoms with van der Waals surface area (Å²) in [6.45, 7) is 4.06. The molecular formula is C18H22N2O. The van der Waals surface area contributed by atoms with E-state index in [4.69, 9.17) is 5.73 Å². The number of nitrogens with zero attached hydrogens (tertiary/aromatic N) is 1. The summed E-state index contributed by atoms with van der Waals surface area (Å²) in [5.41, 5.74) is 9.24. The minimum Gasteiger partial charge on any atom is -0.337 e. The Kier molecular flexibility index (Phi) is 4.76. The van der Waals surface area contributed by atoms with Gasteiger partial charge in [0, 0.05) is 7.05 Å². The fourth-order valence-corrected chi connectivity index (χ4v) is 2.28. The summed E-state index contributed by atoms with van der Waals surface area (Å²) >= 11 is 0. The van der Waals surface area contributed by atoms with E-state index in [1.165, 1.54) is 5.56 Å². The van der Waals surface area contributed by atoms with E-state index in [0.29, 0.717) is 0 Å². The second-order valence-corrected chi connectivity index (χ2v) is 5.42. The van der Waals surface area contributed by atoms with Crippen LogP contribution in [0.2, 0.25) is 0 Å². The van der Waals surface area contributed by atoms with Crippen LogP contribution < -0.4 is 5.73 Å². The summed E-state index contributed by atoms with van der Waals surface area (Å²) in [7, 11) is 1.80. The molecule has 2 N–H and O–H groups in total. The molecule has 110 valence electrons. The second kappa shape index (κ2) is 6.55. The van der Waals surface area contributed by atoms with Crippen molar-refractivity contribution in [2.45, 2.75) is 25.9 Å². The molecule has 0 aromatic heterocycles. The Bertz CT molecular complexity index is 592. The molecule has 0 fully saturated rings. The van der Waals surface area contributed by atoms with Crippen LogP contribution in [0.4, 0.5) is 0 Å². The Labute approximate surface area is 126 Å². The molecule has 21 heavy (non-hydrogen) atoms. The maximum Gasteiger partial charge on any atom is 0.244 e. The van der Waals surface area contributed by atoms with Crippen LogP contribution in [0, 0.1) is 6.92 Å². The van der Waals surface area contributed by atoms with E-state index in [1.807, 2.05) is 37.3 Å². The lowest BCUT2D eigenvalue weighted by Gasteiger charge is -2.28. The lowest BCUT2D eigenvalue weighted by molar-refractivity contribution is -0.133. The van der Waals surface area contributed by atoms with E-state index in [9.17, 15) is 4.79 Å². The monoisotopic (exact) mass is 282 g/mol. The average molecular weight is 282 g/mol. The van der Waals surface area contributed by atoms with Gasteiger partial charge in [0.25, 0.3) is 0 Å². The number of nitrogens with two attached hydrogens (primary N) is 1. The molecule has 3 nitrogen and oxygen atoms in total. The van der Waals surface area contributed by atoms with Crippen LogP contribution in [0.25, 0.3) is 0 Å². The predicted molar refractivity (Wildman–Crippen MR) is 85.7 cm³/mol. The Balaban J connectivity index is 2.13. The molecule has 2 aromatic carbocycles. The van der Waals surface area contributed by atoms with Crippen molar-refractivity contribution in [1.29, 1.82) is 0 Å². The zero-order valence-corrected chi connectivity index (χ0v) is 12.8. The number of carbonyl (C=O) groups is 1. The first-order valence-corrected chi connectivity index (χ1v) is 7.14. The number of amides is 1. The Hall–Kier alpha value is -2.13. The van der Waals surface area contributed by atoms with Crippen molar-refractivity contribution in [2.75, 3.05) is 7.05 Å². The molecule has 1 unspecified atom stereocenters. The van der Waals surface area contributed by atoms with Crippen LogP contribution in [-0.2, 0) is 4.79 Å². The van der Waals surface area contributed by atoms with Crippen LogP contribution >= 0.6 is 0 Å². The SMILES string of the molecule is Cc1ccc(C(C)N(C)C(=O)[C@@H](N)c2ccccc2)cc1. The number of carbonyl (C=O) groups excluding carboxylic acids is 1. The number of aryl methyl sites for hydroxylation is 1. The molecule has 3 heteroatoms. The summed E-state index contributed by atoms with van der Waals surface area (Å²) in [5.74, 6) is -0.0747. The van der Waals surface area contributed by atoms with Gasteiger partial charge >= 0.3 is 0 Å². The van der Waals surface area contributed by atoms with Gasteiger partial charge in [0.1, 0.15) is 6.04 Å². The van der Waals surface area contributed by atoms with Crippen molar-refractivity contribution in [2.24, 2.45) is 5.73 Å². The number of hydrogen-bond donors (Lipinski definition) is 1. The summed E-state index contributed by atoms with van der Waals surface area (Å²) in [6.07, 6.45) is 0. The maximum atomic E-state index is 12.5. The third-order valence-corrected chi connectivity index (χ3v) is 3.91. The largest absolute Gasteiger partial charge is 0.337 e. The van der Waals surface area contributed by atoms with E-state index in [0.717, 1.165) is 11.1 Å². The molecule has 2 atom stereocenters. The van der Waals surface area contributed by atoms with E-state index in [2.05, 4.69) is 31.2 Å². The van der Waals surface area contributed by atoms with Crippen molar-refractivity contribution in [3.63, 3.8) is 0 Å². The Morgan fingerprint density at radius 1 is 1.00 bits per heavy atom. The van der Waals surface area contributed by atoms with Crippen LogP contribution in [0.15, 0.2) is 54.6 Å². The topological polar surface area (TPSA) is 46.3 Å². The zero-order chi connectivity index (χ0) is 15.4. The summed E-state index contributed by atoms with van der Waals surface area (Å²) in [6, 6.07) is 17.1. The molecule has 0 saturated heterocycles. The smallest absolute Gasteiger partial charge is 0.244 e. The quantitative estimate of drug-likeness (QED) is 0.936.